The average Bonchev–Trinajstić information content (AvgIpc) is 2.45. The first-order valence-electron chi connectivity index (χ1n) is 6.17. The highest BCUT2D eigenvalue weighted by Gasteiger charge is 2.30. The van der Waals surface area contributed by atoms with Crippen molar-refractivity contribution < 1.29 is 13.2 Å². The minimum absolute atomic E-state index is 0.105. The van der Waals surface area contributed by atoms with Gasteiger partial charge in [-0.3, -0.25) is 0 Å². The lowest BCUT2D eigenvalue weighted by Gasteiger charge is -2.30. The lowest BCUT2D eigenvalue weighted by Crippen LogP contribution is -2.52. The molecule has 0 saturated carbocycles. The Morgan fingerprint density at radius 3 is 2.37 bits per heavy atom. The Bertz CT molecular complexity index is 487. The molecule has 0 unspecified atom stereocenters. The Labute approximate surface area is 114 Å². The first-order chi connectivity index (χ1) is 8.93. The zero-order valence-corrected chi connectivity index (χ0v) is 12.3. The van der Waals surface area contributed by atoms with Gasteiger partial charge in [-0.25, -0.2) is 18.1 Å². The summed E-state index contributed by atoms with van der Waals surface area (Å²) in [7, 11) is -2.15. The van der Waals surface area contributed by atoms with Crippen molar-refractivity contribution in [3.8, 4) is 5.88 Å². The molecule has 0 aliphatic rings. The van der Waals surface area contributed by atoms with Gasteiger partial charge in [0.25, 0.3) is 0 Å². The number of nitrogens with zero attached hydrogens (tertiary/aromatic N) is 1. The number of aromatic nitrogens is 1. The molecule has 1 aromatic rings. The second-order valence-electron chi connectivity index (χ2n) is 4.33. The van der Waals surface area contributed by atoms with Crippen LogP contribution >= 0.6 is 0 Å². The molecule has 0 aliphatic carbocycles. The van der Waals surface area contributed by atoms with Gasteiger partial charge in [0.1, 0.15) is 4.90 Å². The van der Waals surface area contributed by atoms with Crippen LogP contribution in [0, 0.1) is 0 Å². The number of nitrogens with two attached hydrogens (primary N) is 1. The molecule has 0 spiro atoms. The third-order valence-corrected chi connectivity index (χ3v) is 4.89. The number of methoxy groups -OCH3 is 1. The molecule has 0 radical (unpaired) electrons. The molecule has 0 amide bonds. The van der Waals surface area contributed by atoms with E-state index in [0.717, 1.165) is 0 Å². The second kappa shape index (κ2) is 6.31. The van der Waals surface area contributed by atoms with Gasteiger partial charge in [-0.1, -0.05) is 13.8 Å². The van der Waals surface area contributed by atoms with E-state index in [0.29, 0.717) is 18.7 Å². The number of ether oxygens (including phenoxy) is 1. The van der Waals surface area contributed by atoms with Gasteiger partial charge in [-0.05, 0) is 18.9 Å². The molecule has 0 saturated heterocycles. The van der Waals surface area contributed by atoms with E-state index in [4.69, 9.17) is 10.5 Å². The standard InChI is InChI=1S/C12H21N3O3S/c1-4-12(5-2,9-13)15-19(16,17)10-6-7-11(18-3)14-8-10/h6-8,15H,4-5,9,13H2,1-3H3. The van der Waals surface area contributed by atoms with Gasteiger partial charge in [0, 0.05) is 18.2 Å². The van der Waals surface area contributed by atoms with Crippen LogP contribution in [0.25, 0.3) is 0 Å². The van der Waals surface area contributed by atoms with Crippen molar-refractivity contribution in [2.45, 2.75) is 37.1 Å². The molecule has 3 N–H and O–H groups in total. The Morgan fingerprint density at radius 2 is 2.00 bits per heavy atom. The topological polar surface area (TPSA) is 94.3 Å². The third-order valence-electron chi connectivity index (χ3n) is 3.32. The van der Waals surface area contributed by atoms with Gasteiger partial charge in [0.2, 0.25) is 15.9 Å². The number of rotatable bonds is 7. The number of nitrogens with one attached hydrogen (secondary N) is 1. The quantitative estimate of drug-likeness (QED) is 0.776. The highest BCUT2D eigenvalue weighted by Crippen LogP contribution is 2.19. The molecule has 7 heteroatoms. The molecule has 1 aromatic heterocycles. The fourth-order valence-corrected chi connectivity index (χ4v) is 3.21. The first-order valence-corrected chi connectivity index (χ1v) is 7.65. The summed E-state index contributed by atoms with van der Waals surface area (Å²) in [5.74, 6) is 0.370. The number of hydrogen-bond donors (Lipinski definition) is 2. The van der Waals surface area contributed by atoms with Crippen LogP contribution in [0.4, 0.5) is 0 Å². The van der Waals surface area contributed by atoms with Gasteiger partial charge in [0.15, 0.2) is 0 Å². The van der Waals surface area contributed by atoms with Crippen molar-refractivity contribution >= 4 is 10.0 Å². The third kappa shape index (κ3) is 3.65. The molecule has 1 rings (SSSR count). The molecule has 108 valence electrons. The van der Waals surface area contributed by atoms with Gasteiger partial charge in [-0.2, -0.15) is 0 Å². The van der Waals surface area contributed by atoms with E-state index in [1.165, 1.54) is 25.4 Å². The molecular weight excluding hydrogens is 266 g/mol. The van der Waals surface area contributed by atoms with Crippen LogP contribution in [0.15, 0.2) is 23.2 Å². The van der Waals surface area contributed by atoms with Crippen LogP contribution in [-0.4, -0.2) is 32.6 Å². The zero-order valence-electron chi connectivity index (χ0n) is 11.5. The summed E-state index contributed by atoms with van der Waals surface area (Å²) in [5.41, 5.74) is 5.08. The van der Waals surface area contributed by atoms with Gasteiger partial charge < -0.3 is 10.5 Å². The first kappa shape index (κ1) is 15.9. The van der Waals surface area contributed by atoms with Crippen LogP contribution in [0.1, 0.15) is 26.7 Å². The molecule has 0 bridgehead atoms. The largest absolute Gasteiger partial charge is 0.481 e. The number of sulfonamides is 1. The van der Waals surface area contributed by atoms with Gasteiger partial charge >= 0.3 is 0 Å². The highest BCUT2D eigenvalue weighted by molar-refractivity contribution is 7.89. The van der Waals surface area contributed by atoms with E-state index in [-0.39, 0.29) is 11.4 Å². The highest BCUT2D eigenvalue weighted by atomic mass is 32.2. The Morgan fingerprint density at radius 1 is 1.37 bits per heavy atom. The fraction of sp³-hybridized carbons (Fsp3) is 0.583. The van der Waals surface area contributed by atoms with Crippen molar-refractivity contribution in [3.63, 3.8) is 0 Å². The molecule has 0 atom stereocenters. The van der Waals surface area contributed by atoms with Gasteiger partial charge in [0.05, 0.1) is 13.3 Å². The van der Waals surface area contributed by atoms with Crippen molar-refractivity contribution in [1.29, 1.82) is 0 Å². The minimum atomic E-state index is -3.63. The Kier molecular flexibility index (Phi) is 5.28. The predicted molar refractivity (Wildman–Crippen MR) is 73.5 cm³/mol. The summed E-state index contributed by atoms with van der Waals surface area (Å²) in [6.45, 7) is 4.07. The maximum Gasteiger partial charge on any atom is 0.242 e. The predicted octanol–water partition coefficient (Wildman–Crippen LogP) is 0.886. The van der Waals surface area contributed by atoms with E-state index in [1.807, 2.05) is 13.8 Å². The SMILES string of the molecule is CCC(CC)(CN)NS(=O)(=O)c1ccc(OC)nc1. The summed E-state index contributed by atoms with van der Waals surface area (Å²) in [6.07, 6.45) is 2.53. The summed E-state index contributed by atoms with van der Waals surface area (Å²) in [4.78, 5) is 4.00. The van der Waals surface area contributed by atoms with E-state index < -0.39 is 15.6 Å². The van der Waals surface area contributed by atoms with E-state index in [2.05, 4.69) is 9.71 Å². The molecule has 6 nitrogen and oxygen atoms in total. The molecule has 1 heterocycles. The monoisotopic (exact) mass is 287 g/mol. The lowest BCUT2D eigenvalue weighted by molar-refractivity contribution is 0.363. The van der Waals surface area contributed by atoms with Crippen molar-refractivity contribution in [2.75, 3.05) is 13.7 Å². The Balaban J connectivity index is 3.03. The normalized spacial score (nSPS) is 12.4. The minimum Gasteiger partial charge on any atom is -0.481 e. The van der Waals surface area contributed by atoms with E-state index in [1.54, 1.807) is 0 Å². The zero-order chi connectivity index (χ0) is 14.5. The van der Waals surface area contributed by atoms with Crippen molar-refractivity contribution in [3.05, 3.63) is 18.3 Å². The van der Waals surface area contributed by atoms with E-state index >= 15 is 0 Å². The molecule has 0 aliphatic heterocycles. The molecule has 0 fully saturated rings. The molecule has 0 aromatic carbocycles. The smallest absolute Gasteiger partial charge is 0.242 e. The summed E-state index contributed by atoms with van der Waals surface area (Å²) in [6, 6.07) is 2.97. The summed E-state index contributed by atoms with van der Waals surface area (Å²) < 4.78 is 32.1. The molecule has 19 heavy (non-hydrogen) atoms. The fourth-order valence-electron chi connectivity index (χ4n) is 1.72. The number of hydrogen-bond acceptors (Lipinski definition) is 5. The number of pyridine rings is 1. The van der Waals surface area contributed by atoms with Crippen LogP contribution in [0.2, 0.25) is 0 Å². The van der Waals surface area contributed by atoms with Gasteiger partial charge in [-0.15, -0.1) is 0 Å². The van der Waals surface area contributed by atoms with E-state index in [9.17, 15) is 8.42 Å². The maximum absolute atomic E-state index is 12.3. The molecular formula is C12H21N3O3S. The van der Waals surface area contributed by atoms with Crippen LogP contribution in [0.5, 0.6) is 5.88 Å². The summed E-state index contributed by atoms with van der Waals surface area (Å²) >= 11 is 0. The lowest BCUT2D eigenvalue weighted by atomic mass is 9.95. The Hall–Kier alpha value is -1.18. The van der Waals surface area contributed by atoms with Crippen molar-refractivity contribution in [2.24, 2.45) is 5.73 Å². The van der Waals surface area contributed by atoms with Crippen LogP contribution in [0.3, 0.4) is 0 Å². The van der Waals surface area contributed by atoms with Crippen LogP contribution < -0.4 is 15.2 Å². The average molecular weight is 287 g/mol. The second-order valence-corrected chi connectivity index (χ2v) is 6.02. The van der Waals surface area contributed by atoms with Crippen molar-refractivity contribution in [1.82, 2.24) is 9.71 Å². The maximum atomic E-state index is 12.3. The summed E-state index contributed by atoms with van der Waals surface area (Å²) in [5, 5.41) is 0. The van der Waals surface area contributed by atoms with Crippen LogP contribution in [-0.2, 0) is 10.0 Å².